The molecule has 0 aromatic heterocycles. The van der Waals surface area contributed by atoms with Crippen LogP contribution in [-0.2, 0) is 0 Å². The summed E-state index contributed by atoms with van der Waals surface area (Å²) in [6.45, 7) is 3.50. The highest BCUT2D eigenvalue weighted by Gasteiger charge is 2.43. The van der Waals surface area contributed by atoms with E-state index in [1.165, 1.54) is 0 Å². The summed E-state index contributed by atoms with van der Waals surface area (Å²) in [5.41, 5.74) is 6.76. The summed E-state index contributed by atoms with van der Waals surface area (Å²) in [6, 6.07) is 12.8. The molecule has 2 aromatic rings. The summed E-state index contributed by atoms with van der Waals surface area (Å²) in [5, 5.41) is 22.7. The van der Waals surface area contributed by atoms with E-state index in [2.05, 4.69) is 11.4 Å². The lowest BCUT2D eigenvalue weighted by atomic mass is 9.85. The number of hydrogen-bond acceptors (Lipinski definition) is 5. The van der Waals surface area contributed by atoms with E-state index in [1.54, 1.807) is 56.3 Å². The molecule has 4 N–H and O–H groups in total. The maximum absolute atomic E-state index is 12.6. The summed E-state index contributed by atoms with van der Waals surface area (Å²) < 4.78 is 5.84. The van der Waals surface area contributed by atoms with E-state index >= 15 is 0 Å². The van der Waals surface area contributed by atoms with Crippen molar-refractivity contribution >= 4 is 11.6 Å². The van der Waals surface area contributed by atoms with Crippen LogP contribution in [0, 0.1) is 11.3 Å². The third kappa shape index (κ3) is 3.14. The molecule has 2 atom stereocenters. The number of aliphatic hydroxyl groups is 1. The first-order valence-corrected chi connectivity index (χ1v) is 7.89. The minimum Gasteiger partial charge on any atom is -0.485 e. The van der Waals surface area contributed by atoms with Gasteiger partial charge in [-0.3, -0.25) is 4.79 Å². The first-order valence-electron chi connectivity index (χ1n) is 7.89. The molecule has 1 aliphatic rings. The van der Waals surface area contributed by atoms with Crippen LogP contribution in [0.15, 0.2) is 42.5 Å². The Kier molecular flexibility index (Phi) is 4.11. The van der Waals surface area contributed by atoms with Gasteiger partial charge in [0.05, 0.1) is 17.7 Å². The SMILES string of the molecule is CC1(C)Oc2ccc(C#N)cc2[C@H](NC(=O)c2ccc(N)cc2)[C@H]1O. The molecule has 0 saturated heterocycles. The summed E-state index contributed by atoms with van der Waals surface area (Å²) in [4.78, 5) is 12.6. The van der Waals surface area contributed by atoms with E-state index in [-0.39, 0.29) is 5.91 Å². The van der Waals surface area contributed by atoms with Crippen molar-refractivity contribution < 1.29 is 14.6 Å². The number of nitrogens with zero attached hydrogens (tertiary/aromatic N) is 1. The van der Waals surface area contributed by atoms with Crippen LogP contribution < -0.4 is 15.8 Å². The second kappa shape index (κ2) is 6.11. The van der Waals surface area contributed by atoms with Gasteiger partial charge in [-0.05, 0) is 56.3 Å². The minimum absolute atomic E-state index is 0.338. The number of nitrogens with one attached hydrogen (secondary N) is 1. The number of hydrogen-bond donors (Lipinski definition) is 3. The van der Waals surface area contributed by atoms with Gasteiger partial charge < -0.3 is 20.9 Å². The van der Waals surface area contributed by atoms with Gasteiger partial charge in [-0.1, -0.05) is 0 Å². The normalized spacial score (nSPS) is 20.7. The number of benzene rings is 2. The number of fused-ring (bicyclic) bond motifs is 1. The maximum atomic E-state index is 12.6. The average molecular weight is 337 g/mol. The van der Waals surface area contributed by atoms with Crippen LogP contribution in [0.1, 0.15) is 41.4 Å². The molecular weight excluding hydrogens is 318 g/mol. The Balaban J connectivity index is 1.97. The maximum Gasteiger partial charge on any atom is 0.251 e. The summed E-state index contributed by atoms with van der Waals surface area (Å²) in [5.74, 6) is 0.201. The van der Waals surface area contributed by atoms with E-state index in [0.717, 1.165) is 0 Å². The van der Waals surface area contributed by atoms with Crippen LogP contribution >= 0.6 is 0 Å². The second-order valence-corrected chi connectivity index (χ2v) is 6.59. The molecule has 1 heterocycles. The van der Waals surface area contributed by atoms with Crippen molar-refractivity contribution in [1.82, 2.24) is 5.32 Å². The first-order chi connectivity index (χ1) is 11.8. The van der Waals surface area contributed by atoms with Crippen LogP contribution in [0.2, 0.25) is 0 Å². The van der Waals surface area contributed by atoms with Gasteiger partial charge in [0.25, 0.3) is 5.91 Å². The molecule has 128 valence electrons. The fraction of sp³-hybridized carbons (Fsp3) is 0.263. The van der Waals surface area contributed by atoms with Crippen LogP contribution in [0.25, 0.3) is 0 Å². The highest BCUT2D eigenvalue weighted by Crippen LogP contribution is 2.40. The largest absolute Gasteiger partial charge is 0.485 e. The van der Waals surface area contributed by atoms with Crippen molar-refractivity contribution in [3.8, 4) is 11.8 Å². The monoisotopic (exact) mass is 337 g/mol. The molecule has 2 aromatic carbocycles. The molecule has 0 radical (unpaired) electrons. The quantitative estimate of drug-likeness (QED) is 0.728. The summed E-state index contributed by atoms with van der Waals surface area (Å²) in [6.07, 6.45) is -0.980. The number of rotatable bonds is 2. The Hall–Kier alpha value is -3.04. The molecule has 0 saturated carbocycles. The third-order valence-electron chi connectivity index (χ3n) is 4.33. The van der Waals surface area contributed by atoms with Crippen LogP contribution in [0.4, 0.5) is 5.69 Å². The molecule has 0 unspecified atom stereocenters. The molecule has 6 nitrogen and oxygen atoms in total. The predicted octanol–water partition coefficient (Wildman–Crippen LogP) is 2.14. The summed E-state index contributed by atoms with van der Waals surface area (Å²) in [7, 11) is 0. The number of anilines is 1. The van der Waals surface area contributed by atoms with Crippen molar-refractivity contribution in [2.24, 2.45) is 0 Å². The molecule has 0 spiro atoms. The fourth-order valence-corrected chi connectivity index (χ4v) is 2.88. The van der Waals surface area contributed by atoms with Gasteiger partial charge in [-0.15, -0.1) is 0 Å². The number of nitrogen functional groups attached to an aromatic ring is 1. The molecule has 6 heteroatoms. The highest BCUT2D eigenvalue weighted by atomic mass is 16.5. The Morgan fingerprint density at radius 1 is 1.28 bits per heavy atom. The highest BCUT2D eigenvalue weighted by molar-refractivity contribution is 5.94. The van der Waals surface area contributed by atoms with Crippen molar-refractivity contribution in [2.45, 2.75) is 31.6 Å². The van der Waals surface area contributed by atoms with E-state index in [0.29, 0.717) is 28.1 Å². The number of carbonyl (C=O) groups is 1. The van der Waals surface area contributed by atoms with Gasteiger partial charge in [-0.2, -0.15) is 5.26 Å². The first kappa shape index (κ1) is 16.8. The van der Waals surface area contributed by atoms with Gasteiger partial charge in [0, 0.05) is 16.8 Å². The summed E-state index contributed by atoms with van der Waals surface area (Å²) >= 11 is 0. The van der Waals surface area contributed by atoms with Crippen molar-refractivity contribution in [1.29, 1.82) is 5.26 Å². The Bertz CT molecular complexity index is 853. The smallest absolute Gasteiger partial charge is 0.251 e. The lowest BCUT2D eigenvalue weighted by Gasteiger charge is -2.42. The number of carbonyl (C=O) groups excluding carboxylic acids is 1. The van der Waals surface area contributed by atoms with Gasteiger partial charge in [0.1, 0.15) is 17.5 Å². The van der Waals surface area contributed by atoms with Crippen LogP contribution in [0.3, 0.4) is 0 Å². The number of ether oxygens (including phenoxy) is 1. The molecule has 0 fully saturated rings. The lowest BCUT2D eigenvalue weighted by molar-refractivity contribution is -0.0627. The molecule has 0 aliphatic carbocycles. The Morgan fingerprint density at radius 3 is 2.60 bits per heavy atom. The zero-order valence-electron chi connectivity index (χ0n) is 14.0. The molecule has 0 bridgehead atoms. The van der Waals surface area contributed by atoms with Crippen LogP contribution in [-0.4, -0.2) is 22.7 Å². The topological polar surface area (TPSA) is 108 Å². The van der Waals surface area contributed by atoms with Crippen molar-refractivity contribution in [3.63, 3.8) is 0 Å². The molecule has 1 amide bonds. The van der Waals surface area contributed by atoms with Gasteiger partial charge in [0.15, 0.2) is 0 Å². The van der Waals surface area contributed by atoms with E-state index in [1.807, 2.05) is 0 Å². The van der Waals surface area contributed by atoms with Crippen LogP contribution in [0.5, 0.6) is 5.75 Å². The zero-order valence-corrected chi connectivity index (χ0v) is 14.0. The molecule has 3 rings (SSSR count). The van der Waals surface area contributed by atoms with Gasteiger partial charge in [-0.25, -0.2) is 0 Å². The van der Waals surface area contributed by atoms with Crippen molar-refractivity contribution in [2.75, 3.05) is 5.73 Å². The predicted molar refractivity (Wildman–Crippen MR) is 92.9 cm³/mol. The number of nitriles is 1. The minimum atomic E-state index is -0.980. The Morgan fingerprint density at radius 2 is 1.96 bits per heavy atom. The lowest BCUT2D eigenvalue weighted by Crippen LogP contribution is -2.53. The van der Waals surface area contributed by atoms with E-state index < -0.39 is 17.7 Å². The molecular formula is C19H19N3O3. The molecule has 1 aliphatic heterocycles. The standard InChI is InChI=1S/C19H19N3O3/c1-19(2)17(23)16(14-9-11(10-20)3-8-15(14)25-19)22-18(24)12-4-6-13(21)7-5-12/h3-9,16-17,23H,21H2,1-2H3,(H,22,24)/t16-,17+/m0/s1. The number of nitrogens with two attached hydrogens (primary N) is 1. The zero-order chi connectivity index (χ0) is 18.2. The average Bonchev–Trinajstić information content (AvgIpc) is 2.59. The van der Waals surface area contributed by atoms with Gasteiger partial charge in [0.2, 0.25) is 0 Å². The Labute approximate surface area is 145 Å². The second-order valence-electron chi connectivity index (χ2n) is 6.59. The number of amides is 1. The van der Waals surface area contributed by atoms with E-state index in [4.69, 9.17) is 15.7 Å². The van der Waals surface area contributed by atoms with E-state index in [9.17, 15) is 9.90 Å². The third-order valence-corrected chi connectivity index (χ3v) is 4.33. The number of aliphatic hydroxyl groups excluding tert-OH is 1. The van der Waals surface area contributed by atoms with Gasteiger partial charge >= 0.3 is 0 Å². The fourth-order valence-electron chi connectivity index (χ4n) is 2.88. The van der Waals surface area contributed by atoms with Crippen molar-refractivity contribution in [3.05, 3.63) is 59.2 Å². The molecule has 25 heavy (non-hydrogen) atoms.